The number of nitrogens with one attached hydrogen (secondary N) is 2. The number of ether oxygens (including phenoxy) is 1. The highest BCUT2D eigenvalue weighted by Gasteiger charge is 2.19. The molecular weight excluding hydrogens is 526 g/mol. The van der Waals surface area contributed by atoms with Gasteiger partial charge in [-0.3, -0.25) is 20.4 Å². The number of urea groups is 1. The van der Waals surface area contributed by atoms with Gasteiger partial charge >= 0.3 is 6.03 Å². The molecule has 0 aliphatic rings. The Balaban J connectivity index is 0.00000112. The van der Waals surface area contributed by atoms with Crippen LogP contribution in [0.2, 0.25) is 0 Å². The summed E-state index contributed by atoms with van der Waals surface area (Å²) in [6.45, 7) is 5.25. The molecule has 0 fully saturated rings. The van der Waals surface area contributed by atoms with Crippen LogP contribution in [0.1, 0.15) is 17.3 Å². The van der Waals surface area contributed by atoms with Gasteiger partial charge in [-0.25, -0.2) is 23.5 Å². The maximum atomic E-state index is 13.7. The van der Waals surface area contributed by atoms with E-state index in [9.17, 15) is 18.4 Å². The minimum absolute atomic E-state index is 0.0923. The molecule has 0 unspecified atom stereocenters. The molecule has 5 rings (SSSR count). The summed E-state index contributed by atoms with van der Waals surface area (Å²) in [6.07, 6.45) is 8.35. The number of benzene rings is 1. The van der Waals surface area contributed by atoms with Crippen LogP contribution in [0.25, 0.3) is 20.9 Å². The van der Waals surface area contributed by atoms with Gasteiger partial charge in [-0.05, 0) is 37.3 Å². The third-order valence-corrected chi connectivity index (χ3v) is 6.17. The molecule has 39 heavy (non-hydrogen) atoms. The van der Waals surface area contributed by atoms with E-state index in [1.807, 2.05) is 36.1 Å². The summed E-state index contributed by atoms with van der Waals surface area (Å²) in [4.78, 5) is 37.9. The first-order valence-corrected chi connectivity index (χ1v) is 12.3. The van der Waals surface area contributed by atoms with Crippen LogP contribution in [0.4, 0.5) is 19.4 Å². The largest absolute Gasteiger partial charge is 0.454 e. The SMILES string of the molecule is C=CC.Cn1ccnc1-c1cc2nccc(Oc3ccc(NC(=O)NC(=O)c4c(F)cccc4F)nc3)c2s1. The van der Waals surface area contributed by atoms with Gasteiger partial charge in [0.1, 0.15) is 40.3 Å². The standard InChI is InChI=1S/C24H16F2N6O3S.C3H6/c1-32-10-9-28-22(32)18-11-16-21(36-18)17(7-8-27-16)35-13-5-6-19(29-12-13)30-24(34)31-23(33)20-14(25)3-2-4-15(20)26;1-3-2/h2-12H,1H3,(H2,29,30,31,33,34);3H,1H2,2H3. The fourth-order valence-corrected chi connectivity index (χ4v) is 4.48. The van der Waals surface area contributed by atoms with E-state index in [1.165, 1.54) is 23.6 Å². The summed E-state index contributed by atoms with van der Waals surface area (Å²) in [7, 11) is 1.91. The normalized spacial score (nSPS) is 10.4. The number of aromatic nitrogens is 4. The number of thiophene rings is 1. The van der Waals surface area contributed by atoms with Crippen molar-refractivity contribution in [3.05, 3.63) is 97.1 Å². The summed E-state index contributed by atoms with van der Waals surface area (Å²) in [5.74, 6) is -1.50. The third-order valence-electron chi connectivity index (χ3n) is 5.04. The molecule has 0 saturated heterocycles. The molecule has 4 heterocycles. The molecule has 4 aromatic heterocycles. The Bertz CT molecular complexity index is 1630. The van der Waals surface area contributed by atoms with Gasteiger partial charge in [-0.2, -0.15) is 0 Å². The second kappa shape index (κ2) is 12.0. The van der Waals surface area contributed by atoms with E-state index in [4.69, 9.17) is 4.74 Å². The number of imide groups is 1. The number of carbonyl (C=O) groups is 2. The van der Waals surface area contributed by atoms with Gasteiger partial charge in [0, 0.05) is 31.7 Å². The first-order valence-electron chi connectivity index (χ1n) is 11.4. The topological polar surface area (TPSA) is 111 Å². The molecule has 0 spiro atoms. The van der Waals surface area contributed by atoms with Gasteiger partial charge in [-0.1, -0.05) is 12.1 Å². The summed E-state index contributed by atoms with van der Waals surface area (Å²) in [6, 6.07) is 8.64. The van der Waals surface area contributed by atoms with Gasteiger partial charge < -0.3 is 9.30 Å². The fourth-order valence-electron chi connectivity index (χ4n) is 3.38. The number of aryl methyl sites for hydroxylation is 1. The van der Waals surface area contributed by atoms with E-state index >= 15 is 0 Å². The minimum atomic E-state index is -1.22. The average molecular weight is 549 g/mol. The van der Waals surface area contributed by atoms with Gasteiger partial charge in [-0.15, -0.1) is 17.9 Å². The van der Waals surface area contributed by atoms with Crippen molar-refractivity contribution < 1.29 is 23.1 Å². The summed E-state index contributed by atoms with van der Waals surface area (Å²) in [5, 5.41) is 4.19. The number of imidazole rings is 1. The summed E-state index contributed by atoms with van der Waals surface area (Å²) < 4.78 is 36.2. The molecule has 9 nitrogen and oxygen atoms in total. The Labute approximate surface area is 225 Å². The Hall–Kier alpha value is -4.97. The number of pyridine rings is 2. The van der Waals surface area contributed by atoms with Crippen LogP contribution in [-0.2, 0) is 7.05 Å². The molecule has 0 aliphatic heterocycles. The number of anilines is 1. The first kappa shape index (κ1) is 27.1. The lowest BCUT2D eigenvalue weighted by atomic mass is 10.2. The molecular formula is C27H22F2N6O3S. The molecule has 0 bridgehead atoms. The van der Waals surface area contributed by atoms with Crippen molar-refractivity contribution in [3.8, 4) is 22.2 Å². The van der Waals surface area contributed by atoms with E-state index in [0.717, 1.165) is 39.1 Å². The molecule has 3 amide bonds. The average Bonchev–Trinajstić information content (AvgIpc) is 3.52. The summed E-state index contributed by atoms with van der Waals surface area (Å²) in [5.41, 5.74) is -0.0953. The first-order chi connectivity index (χ1) is 18.8. The highest BCUT2D eigenvalue weighted by molar-refractivity contribution is 7.22. The number of allylic oxidation sites excluding steroid dienone is 1. The predicted octanol–water partition coefficient (Wildman–Crippen LogP) is 6.32. The maximum absolute atomic E-state index is 13.7. The lowest BCUT2D eigenvalue weighted by molar-refractivity contribution is 0.0959. The van der Waals surface area contributed by atoms with Crippen molar-refractivity contribution >= 4 is 39.3 Å². The van der Waals surface area contributed by atoms with E-state index in [2.05, 4.69) is 26.8 Å². The number of hydrogen-bond acceptors (Lipinski definition) is 7. The van der Waals surface area contributed by atoms with E-state index in [0.29, 0.717) is 11.5 Å². The van der Waals surface area contributed by atoms with Crippen molar-refractivity contribution in [3.63, 3.8) is 0 Å². The zero-order valence-corrected chi connectivity index (χ0v) is 21.6. The van der Waals surface area contributed by atoms with E-state index in [1.54, 1.807) is 30.6 Å². The predicted molar refractivity (Wildman–Crippen MR) is 145 cm³/mol. The van der Waals surface area contributed by atoms with Crippen LogP contribution >= 0.6 is 11.3 Å². The van der Waals surface area contributed by atoms with Crippen molar-refractivity contribution in [2.45, 2.75) is 6.92 Å². The Morgan fingerprint density at radius 2 is 1.82 bits per heavy atom. The van der Waals surface area contributed by atoms with Crippen molar-refractivity contribution in [1.29, 1.82) is 0 Å². The highest BCUT2D eigenvalue weighted by atomic mass is 32.1. The van der Waals surface area contributed by atoms with Gasteiger partial charge in [0.2, 0.25) is 0 Å². The van der Waals surface area contributed by atoms with Crippen LogP contribution in [0.5, 0.6) is 11.5 Å². The Morgan fingerprint density at radius 3 is 2.46 bits per heavy atom. The maximum Gasteiger partial charge on any atom is 0.327 e. The van der Waals surface area contributed by atoms with Crippen molar-refractivity contribution in [1.82, 2.24) is 24.8 Å². The molecule has 12 heteroatoms. The van der Waals surface area contributed by atoms with Gasteiger partial charge in [0.25, 0.3) is 5.91 Å². The molecule has 0 radical (unpaired) electrons. The quantitative estimate of drug-likeness (QED) is 0.249. The number of hydrogen-bond donors (Lipinski definition) is 2. The number of carbonyl (C=O) groups excluding carboxylic acids is 2. The van der Waals surface area contributed by atoms with E-state index < -0.39 is 29.1 Å². The molecule has 1 aromatic carbocycles. The molecule has 2 N–H and O–H groups in total. The molecule has 0 saturated carbocycles. The zero-order valence-electron chi connectivity index (χ0n) is 20.8. The molecule has 5 aromatic rings. The molecule has 0 atom stereocenters. The lowest BCUT2D eigenvalue weighted by Crippen LogP contribution is -2.35. The minimum Gasteiger partial charge on any atom is -0.454 e. The van der Waals surface area contributed by atoms with Crippen LogP contribution < -0.4 is 15.4 Å². The van der Waals surface area contributed by atoms with Crippen LogP contribution in [0.15, 0.2) is 79.9 Å². The Kier molecular flexibility index (Phi) is 8.37. The van der Waals surface area contributed by atoms with Crippen molar-refractivity contribution in [2.75, 3.05) is 5.32 Å². The number of halogens is 2. The second-order valence-corrected chi connectivity index (χ2v) is 8.94. The highest BCUT2D eigenvalue weighted by Crippen LogP contribution is 2.38. The van der Waals surface area contributed by atoms with E-state index in [-0.39, 0.29) is 5.82 Å². The zero-order chi connectivity index (χ0) is 27.9. The number of fused-ring (bicyclic) bond motifs is 1. The number of amides is 3. The number of rotatable bonds is 5. The van der Waals surface area contributed by atoms with Gasteiger partial charge in [0.15, 0.2) is 0 Å². The smallest absolute Gasteiger partial charge is 0.327 e. The van der Waals surface area contributed by atoms with Crippen molar-refractivity contribution in [2.24, 2.45) is 7.05 Å². The van der Waals surface area contributed by atoms with Crippen LogP contribution in [0, 0.1) is 11.6 Å². The fraction of sp³-hybridized carbons (Fsp3) is 0.0741. The monoisotopic (exact) mass is 548 g/mol. The molecule has 198 valence electrons. The van der Waals surface area contributed by atoms with Crippen LogP contribution in [-0.4, -0.2) is 31.5 Å². The number of nitrogens with zero attached hydrogens (tertiary/aromatic N) is 4. The lowest BCUT2D eigenvalue weighted by Gasteiger charge is -2.09. The van der Waals surface area contributed by atoms with Crippen LogP contribution in [0.3, 0.4) is 0 Å². The second-order valence-electron chi connectivity index (χ2n) is 7.89. The summed E-state index contributed by atoms with van der Waals surface area (Å²) >= 11 is 1.49. The Morgan fingerprint density at radius 1 is 1.08 bits per heavy atom. The van der Waals surface area contributed by atoms with Gasteiger partial charge in [0.05, 0.1) is 21.3 Å². The molecule has 0 aliphatic carbocycles. The third kappa shape index (κ3) is 6.30.